The molecule has 14 heteroatoms. The maximum Gasteiger partial charge on any atom is 0.259 e. The molecule has 0 atom stereocenters. The van der Waals surface area contributed by atoms with Gasteiger partial charge >= 0.3 is 0 Å². The number of rotatable bonds is 5. The Kier molecular flexibility index (Phi) is 6.71. The molecule has 3 aromatic rings. The van der Waals surface area contributed by atoms with Crippen LogP contribution in [0.3, 0.4) is 0 Å². The number of nitrogens with zero attached hydrogens (tertiary/aromatic N) is 2. The Hall–Kier alpha value is -1.80. The molecular weight excluding hydrogens is 533 g/mol. The van der Waals surface area contributed by atoms with Gasteiger partial charge in [-0.3, -0.25) is 10.1 Å². The van der Waals surface area contributed by atoms with E-state index in [1.54, 1.807) is 6.07 Å². The summed E-state index contributed by atoms with van der Waals surface area (Å²) in [5.41, 5.74) is 0.407. The number of thiazole rings is 1. The Balaban J connectivity index is 1.65. The van der Waals surface area contributed by atoms with E-state index < -0.39 is 25.8 Å². The first-order valence-corrected chi connectivity index (χ1v) is 14.4. The number of halogens is 2. The van der Waals surface area contributed by atoms with Crippen LogP contribution in [0, 0.1) is 0 Å². The van der Waals surface area contributed by atoms with Gasteiger partial charge in [0, 0.05) is 19.3 Å². The van der Waals surface area contributed by atoms with E-state index >= 15 is 0 Å². The minimum Gasteiger partial charge on any atom is -0.379 e. The molecule has 4 rings (SSSR count). The molecule has 1 aliphatic rings. The molecule has 33 heavy (non-hydrogen) atoms. The van der Waals surface area contributed by atoms with Crippen LogP contribution in [-0.2, 0) is 24.6 Å². The Bertz CT molecular complexity index is 1470. The van der Waals surface area contributed by atoms with Crippen LogP contribution in [0.2, 0.25) is 10.0 Å². The first-order chi connectivity index (χ1) is 15.5. The molecule has 2 heterocycles. The second-order valence-corrected chi connectivity index (χ2v) is 12.9. The van der Waals surface area contributed by atoms with E-state index in [0.717, 1.165) is 23.7 Å². The highest BCUT2D eigenvalue weighted by Gasteiger charge is 2.30. The second-order valence-electron chi connectivity index (χ2n) is 7.15. The lowest BCUT2D eigenvalue weighted by atomic mass is 10.2. The normalized spacial score (nSPS) is 15.6. The van der Waals surface area contributed by atoms with Crippen molar-refractivity contribution in [1.82, 2.24) is 9.29 Å². The first-order valence-electron chi connectivity index (χ1n) is 9.46. The van der Waals surface area contributed by atoms with Crippen molar-refractivity contribution < 1.29 is 26.4 Å². The second kappa shape index (κ2) is 9.10. The molecule has 0 unspecified atom stereocenters. The summed E-state index contributed by atoms with van der Waals surface area (Å²) in [5, 5.41) is 2.66. The molecule has 0 radical (unpaired) electrons. The van der Waals surface area contributed by atoms with Crippen molar-refractivity contribution in [2.45, 2.75) is 9.79 Å². The van der Waals surface area contributed by atoms with E-state index in [0.29, 0.717) is 10.2 Å². The smallest absolute Gasteiger partial charge is 0.259 e. The number of benzene rings is 2. The summed E-state index contributed by atoms with van der Waals surface area (Å²) < 4.78 is 56.6. The summed E-state index contributed by atoms with van der Waals surface area (Å²) in [5.74, 6) is -0.683. The molecule has 0 aliphatic carbocycles. The van der Waals surface area contributed by atoms with Gasteiger partial charge in [0.05, 0.1) is 43.9 Å². The summed E-state index contributed by atoms with van der Waals surface area (Å²) in [4.78, 5) is 17.1. The van der Waals surface area contributed by atoms with Crippen molar-refractivity contribution in [3.05, 3.63) is 45.9 Å². The molecule has 0 bridgehead atoms. The third-order valence-electron chi connectivity index (χ3n) is 4.86. The molecule has 1 aromatic heterocycles. The number of ether oxygens (including phenoxy) is 1. The molecule has 1 fully saturated rings. The molecule has 1 amide bonds. The van der Waals surface area contributed by atoms with Gasteiger partial charge in [-0.05, 0) is 30.3 Å². The van der Waals surface area contributed by atoms with Gasteiger partial charge < -0.3 is 4.74 Å². The zero-order valence-corrected chi connectivity index (χ0v) is 21.0. The Labute approximate surface area is 204 Å². The largest absolute Gasteiger partial charge is 0.379 e. The van der Waals surface area contributed by atoms with E-state index in [4.69, 9.17) is 27.9 Å². The summed E-state index contributed by atoms with van der Waals surface area (Å²) >= 11 is 13.4. The van der Waals surface area contributed by atoms with Crippen LogP contribution in [0.4, 0.5) is 5.13 Å². The van der Waals surface area contributed by atoms with Gasteiger partial charge in [-0.15, -0.1) is 0 Å². The monoisotopic (exact) mass is 549 g/mol. The minimum absolute atomic E-state index is 0.0288. The zero-order chi connectivity index (χ0) is 24.0. The molecule has 0 saturated carbocycles. The first kappa shape index (κ1) is 24.3. The summed E-state index contributed by atoms with van der Waals surface area (Å²) in [7, 11) is -7.36. The van der Waals surface area contributed by atoms with Crippen molar-refractivity contribution in [2.24, 2.45) is 0 Å². The van der Waals surface area contributed by atoms with E-state index in [2.05, 4.69) is 10.3 Å². The number of carbonyl (C=O) groups is 1. The third kappa shape index (κ3) is 5.02. The average molecular weight is 550 g/mol. The Morgan fingerprint density at radius 3 is 2.45 bits per heavy atom. The van der Waals surface area contributed by atoms with Gasteiger partial charge in [0.1, 0.15) is 4.90 Å². The van der Waals surface area contributed by atoms with Crippen LogP contribution in [-0.4, -0.2) is 64.6 Å². The van der Waals surface area contributed by atoms with Crippen molar-refractivity contribution in [3.63, 3.8) is 0 Å². The van der Waals surface area contributed by atoms with Gasteiger partial charge in [-0.1, -0.05) is 34.5 Å². The average Bonchev–Trinajstić information content (AvgIpc) is 3.15. The molecule has 1 N–H and O–H groups in total. The summed E-state index contributed by atoms with van der Waals surface area (Å²) in [6.45, 7) is 0.862. The fraction of sp³-hybridized carbons (Fsp3) is 0.263. The van der Waals surface area contributed by atoms with Crippen molar-refractivity contribution in [2.75, 3.05) is 37.9 Å². The van der Waals surface area contributed by atoms with Crippen molar-refractivity contribution in [1.29, 1.82) is 0 Å². The molecule has 0 spiro atoms. The summed E-state index contributed by atoms with van der Waals surface area (Å²) in [6.07, 6.45) is 1.10. The van der Waals surface area contributed by atoms with Crippen LogP contribution in [0.25, 0.3) is 10.2 Å². The zero-order valence-electron chi connectivity index (χ0n) is 17.0. The number of sulfonamides is 1. The van der Waals surface area contributed by atoms with E-state index in [1.807, 2.05) is 0 Å². The standard InChI is InChI=1S/C19H17Cl2N3O6S3/c1-32(26,27)11-2-3-15-16(8-11)31-19(22-15)23-18(25)12-9-17(14(21)10-13(12)20)33(28,29)24-4-6-30-7-5-24/h2-3,8-10H,4-7H2,1H3,(H,22,23,25). The fourth-order valence-corrected chi connectivity index (χ4v) is 7.04. The molecule has 9 nitrogen and oxygen atoms in total. The highest BCUT2D eigenvalue weighted by Crippen LogP contribution is 2.33. The number of hydrogen-bond acceptors (Lipinski definition) is 8. The van der Waals surface area contributed by atoms with Gasteiger partial charge in [0.2, 0.25) is 10.0 Å². The highest BCUT2D eigenvalue weighted by atomic mass is 35.5. The molecule has 1 saturated heterocycles. The van der Waals surface area contributed by atoms with Crippen LogP contribution < -0.4 is 5.32 Å². The lowest BCUT2D eigenvalue weighted by Crippen LogP contribution is -2.40. The number of morpholine rings is 1. The number of carbonyl (C=O) groups excluding carboxylic acids is 1. The SMILES string of the molecule is CS(=O)(=O)c1ccc2nc(NC(=O)c3cc(S(=O)(=O)N4CCOCC4)c(Cl)cc3Cl)sc2c1. The van der Waals surface area contributed by atoms with Gasteiger partial charge in [-0.25, -0.2) is 21.8 Å². The van der Waals surface area contributed by atoms with Crippen molar-refractivity contribution in [3.8, 4) is 0 Å². The molecule has 2 aromatic carbocycles. The van der Waals surface area contributed by atoms with Crippen LogP contribution in [0.15, 0.2) is 40.1 Å². The highest BCUT2D eigenvalue weighted by molar-refractivity contribution is 7.90. The van der Waals surface area contributed by atoms with Gasteiger partial charge in [-0.2, -0.15) is 4.31 Å². The Morgan fingerprint density at radius 2 is 1.79 bits per heavy atom. The van der Waals surface area contributed by atoms with Crippen molar-refractivity contribution >= 4 is 75.7 Å². The predicted octanol–water partition coefficient (Wildman–Crippen LogP) is 3.28. The lowest BCUT2D eigenvalue weighted by molar-refractivity contribution is 0.0730. The van der Waals surface area contributed by atoms with Gasteiger partial charge in [0.25, 0.3) is 5.91 Å². The topological polar surface area (TPSA) is 123 Å². The molecule has 1 aliphatic heterocycles. The number of hydrogen-bond donors (Lipinski definition) is 1. The lowest BCUT2D eigenvalue weighted by Gasteiger charge is -2.26. The quantitative estimate of drug-likeness (QED) is 0.517. The number of fused-ring (bicyclic) bond motifs is 1. The number of nitrogens with one attached hydrogen (secondary N) is 1. The fourth-order valence-electron chi connectivity index (χ4n) is 3.18. The minimum atomic E-state index is -3.96. The maximum atomic E-state index is 13.0. The van der Waals surface area contributed by atoms with Crippen LogP contribution in [0.5, 0.6) is 0 Å². The van der Waals surface area contributed by atoms with Crippen LogP contribution in [0.1, 0.15) is 10.4 Å². The van der Waals surface area contributed by atoms with Gasteiger partial charge in [0.15, 0.2) is 15.0 Å². The van der Waals surface area contributed by atoms with E-state index in [-0.39, 0.29) is 56.8 Å². The maximum absolute atomic E-state index is 13.0. The molecule has 176 valence electrons. The number of aromatic nitrogens is 1. The number of anilines is 1. The molecular formula is C19H17Cl2N3O6S3. The Morgan fingerprint density at radius 1 is 1.09 bits per heavy atom. The van der Waals surface area contributed by atoms with E-state index in [9.17, 15) is 21.6 Å². The third-order valence-corrected chi connectivity index (χ3v) is 9.58. The number of amides is 1. The predicted molar refractivity (Wildman–Crippen MR) is 127 cm³/mol. The number of sulfone groups is 1. The van der Waals surface area contributed by atoms with E-state index in [1.165, 1.54) is 22.5 Å². The summed E-state index contributed by atoms with van der Waals surface area (Å²) in [6, 6.07) is 6.80. The van der Waals surface area contributed by atoms with Crippen LogP contribution >= 0.6 is 34.5 Å².